The SMILES string of the molecule is COC(=O)Nc1nc(-c2cc(O[C@@H]3CC4C(=O)N[C@]5(C(=O)O)C[C@H]5/C=C\CCCCC[C@@H](NC(=O)OC5CCCC5)C(=O)N4C3)c3ccc(OC)cc3n2)cs1. The Morgan fingerprint density at radius 1 is 0.982 bits per heavy atom. The van der Waals surface area contributed by atoms with Crippen molar-refractivity contribution in [2.45, 2.75) is 100 Å². The molecule has 3 aromatic rings. The van der Waals surface area contributed by atoms with Crippen molar-refractivity contribution in [2.75, 3.05) is 26.1 Å². The maximum Gasteiger partial charge on any atom is 0.413 e. The number of carboxylic acids is 1. The van der Waals surface area contributed by atoms with Crippen molar-refractivity contribution in [3.63, 3.8) is 0 Å². The van der Waals surface area contributed by atoms with E-state index >= 15 is 0 Å². The van der Waals surface area contributed by atoms with Crippen LogP contribution in [0.5, 0.6) is 11.5 Å². The number of methoxy groups -OCH3 is 2. The summed E-state index contributed by atoms with van der Waals surface area (Å²) in [5.41, 5.74) is -0.0720. The molecule has 2 aliphatic carbocycles. The summed E-state index contributed by atoms with van der Waals surface area (Å²) in [5, 5.41) is 21.1. The summed E-state index contributed by atoms with van der Waals surface area (Å²) in [7, 11) is 2.80. The fourth-order valence-electron chi connectivity index (χ4n) is 7.78. The van der Waals surface area contributed by atoms with Gasteiger partial charge in [0.05, 0.1) is 32.0 Å². The molecule has 2 aromatic heterocycles. The Bertz CT molecular complexity index is 2020. The highest BCUT2D eigenvalue weighted by Gasteiger charge is 2.61. The normalized spacial score (nSPS) is 26.1. The number of aliphatic carboxylic acids is 1. The lowest BCUT2D eigenvalue weighted by Crippen LogP contribution is -2.56. The Hall–Kier alpha value is -5.45. The fraction of sp³-hybridized carbons (Fsp3) is 0.513. The molecule has 1 saturated heterocycles. The molecule has 4 N–H and O–H groups in total. The number of rotatable bonds is 8. The molecule has 4 aliphatic rings. The zero-order chi connectivity index (χ0) is 39.4. The van der Waals surface area contributed by atoms with Crippen LogP contribution in [0, 0.1) is 5.92 Å². The number of anilines is 1. The average molecular weight is 791 g/mol. The van der Waals surface area contributed by atoms with Crippen LogP contribution >= 0.6 is 11.3 Å². The van der Waals surface area contributed by atoms with Gasteiger partial charge in [0.15, 0.2) is 5.13 Å². The summed E-state index contributed by atoms with van der Waals surface area (Å²) >= 11 is 1.18. The summed E-state index contributed by atoms with van der Waals surface area (Å²) in [5.74, 6) is -1.64. The smallest absolute Gasteiger partial charge is 0.413 e. The molecule has 17 heteroatoms. The van der Waals surface area contributed by atoms with Crippen molar-refractivity contribution in [1.82, 2.24) is 25.5 Å². The number of benzene rings is 1. The molecular weight excluding hydrogens is 745 g/mol. The molecular formula is C39H46N6O10S. The predicted octanol–water partition coefficient (Wildman–Crippen LogP) is 5.41. The standard InChI is InChI=1S/C39H46N6O10S/c1-52-24-14-15-26-28(16-24)40-29(30-21-56-36(41-30)43-37(50)53-2)18-32(26)54-25-17-31-33(46)44-39(35(48)49)19-22(39)10-6-4-3-5-7-13-27(34(47)45(31)20-25)42-38(51)55-23-11-8-9-12-23/h6,10,14-16,18,21-23,25,27,31H,3-5,7-9,11-13,17,19-20H2,1-2H3,(H,42,51)(H,44,46)(H,48,49)(H,41,43,50)/b10-6-/t22-,25-,27-,31?,39-/m1/s1. The molecule has 4 amide bonds. The third-order valence-corrected chi connectivity index (χ3v) is 11.7. The molecule has 1 aromatic carbocycles. The molecule has 0 radical (unpaired) electrons. The maximum atomic E-state index is 14.5. The van der Waals surface area contributed by atoms with E-state index in [0.717, 1.165) is 44.9 Å². The summed E-state index contributed by atoms with van der Waals surface area (Å²) in [4.78, 5) is 76.9. The molecule has 2 saturated carbocycles. The van der Waals surface area contributed by atoms with Gasteiger partial charge in [-0.3, -0.25) is 14.9 Å². The van der Waals surface area contributed by atoms with Crippen LogP contribution in [0.4, 0.5) is 14.7 Å². The van der Waals surface area contributed by atoms with E-state index in [1.54, 1.807) is 36.8 Å². The number of carbonyl (C=O) groups is 5. The van der Waals surface area contributed by atoms with Crippen LogP contribution in [0.2, 0.25) is 0 Å². The van der Waals surface area contributed by atoms with Crippen molar-refractivity contribution in [1.29, 1.82) is 0 Å². The first-order valence-electron chi connectivity index (χ1n) is 19.0. The molecule has 3 fully saturated rings. The Kier molecular flexibility index (Phi) is 11.6. The lowest BCUT2D eigenvalue weighted by atomic mass is 10.0. The van der Waals surface area contributed by atoms with Crippen LogP contribution in [0.3, 0.4) is 0 Å². The summed E-state index contributed by atoms with van der Waals surface area (Å²) < 4.78 is 22.5. The van der Waals surface area contributed by atoms with Gasteiger partial charge in [-0.2, -0.15) is 0 Å². The van der Waals surface area contributed by atoms with E-state index in [0.29, 0.717) is 51.8 Å². The van der Waals surface area contributed by atoms with Crippen LogP contribution in [-0.2, 0) is 23.9 Å². The van der Waals surface area contributed by atoms with Gasteiger partial charge in [0.25, 0.3) is 0 Å². The number of ether oxygens (including phenoxy) is 4. The van der Waals surface area contributed by atoms with Crippen LogP contribution < -0.4 is 25.4 Å². The Balaban J connectivity index is 1.20. The number of carbonyl (C=O) groups excluding carboxylic acids is 4. The van der Waals surface area contributed by atoms with Crippen molar-refractivity contribution >= 4 is 57.3 Å². The summed E-state index contributed by atoms with van der Waals surface area (Å²) in [6, 6.07) is 4.94. The zero-order valence-corrected chi connectivity index (χ0v) is 32.1. The summed E-state index contributed by atoms with van der Waals surface area (Å²) in [6.07, 6.45) is 8.64. The van der Waals surface area contributed by atoms with Gasteiger partial charge < -0.3 is 39.6 Å². The number of thiazole rings is 1. The van der Waals surface area contributed by atoms with E-state index in [9.17, 15) is 29.1 Å². The number of carboxylic acid groups (broad SMARTS) is 1. The molecule has 7 rings (SSSR count). The maximum absolute atomic E-state index is 14.5. The van der Waals surface area contributed by atoms with Crippen LogP contribution in [0.25, 0.3) is 22.3 Å². The number of nitrogens with one attached hydrogen (secondary N) is 3. The second-order valence-electron chi connectivity index (χ2n) is 14.7. The van der Waals surface area contributed by atoms with E-state index in [1.165, 1.54) is 23.3 Å². The molecule has 5 atom stereocenters. The number of nitrogens with zero attached hydrogens (tertiary/aromatic N) is 3. The van der Waals surface area contributed by atoms with E-state index in [1.807, 2.05) is 12.2 Å². The highest BCUT2D eigenvalue weighted by atomic mass is 32.1. The van der Waals surface area contributed by atoms with Gasteiger partial charge in [-0.25, -0.2) is 24.4 Å². The molecule has 298 valence electrons. The first-order valence-corrected chi connectivity index (χ1v) is 19.9. The van der Waals surface area contributed by atoms with E-state index in [-0.39, 0.29) is 31.4 Å². The van der Waals surface area contributed by atoms with E-state index < -0.39 is 53.7 Å². The Morgan fingerprint density at radius 2 is 1.79 bits per heavy atom. The lowest BCUT2D eigenvalue weighted by molar-refractivity contribution is -0.145. The minimum Gasteiger partial charge on any atom is -0.497 e. The van der Waals surface area contributed by atoms with Crippen LogP contribution in [0.1, 0.15) is 70.6 Å². The van der Waals surface area contributed by atoms with Crippen molar-refractivity contribution in [3.8, 4) is 22.9 Å². The monoisotopic (exact) mass is 790 g/mol. The first-order chi connectivity index (χ1) is 27.1. The van der Waals surface area contributed by atoms with Gasteiger partial charge in [0.2, 0.25) is 11.8 Å². The van der Waals surface area contributed by atoms with Crippen LogP contribution in [0.15, 0.2) is 41.8 Å². The highest BCUT2D eigenvalue weighted by Crippen LogP contribution is 2.45. The minimum absolute atomic E-state index is 0.0185. The molecule has 56 heavy (non-hydrogen) atoms. The van der Waals surface area contributed by atoms with Gasteiger partial charge in [0.1, 0.15) is 47.0 Å². The molecule has 0 bridgehead atoms. The van der Waals surface area contributed by atoms with Gasteiger partial charge in [0, 0.05) is 35.2 Å². The average Bonchev–Trinajstić information content (AvgIpc) is 3.62. The second kappa shape index (κ2) is 16.7. The van der Waals surface area contributed by atoms with Gasteiger partial charge >= 0.3 is 18.2 Å². The van der Waals surface area contributed by atoms with Crippen molar-refractivity contribution in [3.05, 3.63) is 41.8 Å². The molecule has 4 heterocycles. The highest BCUT2D eigenvalue weighted by molar-refractivity contribution is 7.14. The number of hydrogen-bond donors (Lipinski definition) is 4. The molecule has 0 spiro atoms. The Labute approximate surface area is 327 Å². The number of fused-ring (bicyclic) bond motifs is 3. The number of pyridine rings is 1. The molecule has 16 nitrogen and oxygen atoms in total. The number of allylic oxidation sites excluding steroid dienone is 1. The zero-order valence-electron chi connectivity index (χ0n) is 31.3. The third-order valence-electron chi connectivity index (χ3n) is 10.9. The second-order valence-corrected chi connectivity index (χ2v) is 15.5. The molecule has 2 aliphatic heterocycles. The predicted molar refractivity (Wildman–Crippen MR) is 204 cm³/mol. The largest absolute Gasteiger partial charge is 0.497 e. The number of amides is 4. The van der Waals surface area contributed by atoms with Gasteiger partial charge in [-0.05, 0) is 63.5 Å². The lowest BCUT2D eigenvalue weighted by Gasteiger charge is -2.29. The van der Waals surface area contributed by atoms with E-state index in [4.69, 9.17) is 19.2 Å². The van der Waals surface area contributed by atoms with Crippen LogP contribution in [-0.4, -0.2) is 101 Å². The van der Waals surface area contributed by atoms with Gasteiger partial charge in [-0.15, -0.1) is 11.3 Å². The van der Waals surface area contributed by atoms with Gasteiger partial charge in [-0.1, -0.05) is 25.0 Å². The van der Waals surface area contributed by atoms with Crippen molar-refractivity contribution in [2.24, 2.45) is 5.92 Å². The first kappa shape index (κ1) is 38.8. The topological polar surface area (TPSA) is 208 Å². The number of aromatic nitrogens is 2. The Morgan fingerprint density at radius 3 is 2.55 bits per heavy atom. The quantitative estimate of drug-likeness (QED) is 0.211. The van der Waals surface area contributed by atoms with Crippen molar-refractivity contribution < 1.29 is 48.0 Å². The number of alkyl carbamates (subject to hydrolysis) is 1. The number of hydrogen-bond acceptors (Lipinski definition) is 12. The molecule has 1 unspecified atom stereocenters. The minimum atomic E-state index is -1.48. The summed E-state index contributed by atoms with van der Waals surface area (Å²) in [6.45, 7) is -0.0185. The van der Waals surface area contributed by atoms with E-state index in [2.05, 4.69) is 25.7 Å². The fourth-order valence-corrected chi connectivity index (χ4v) is 8.47. The third kappa shape index (κ3) is 8.51.